The number of halogens is 2. The number of hydrogen-bond donors (Lipinski definition) is 2. The number of anilines is 1. The molecule has 2 aliphatic heterocycles. The largest absolute Gasteiger partial charge is 0.481 e. The normalized spacial score (nSPS) is 25.6. The van der Waals surface area contributed by atoms with Crippen LogP contribution >= 0.6 is 0 Å². The highest BCUT2D eigenvalue weighted by atomic mass is 19.3. The van der Waals surface area contributed by atoms with Crippen LogP contribution in [0.3, 0.4) is 0 Å². The molecular weight excluding hydrogens is 328 g/mol. The van der Waals surface area contributed by atoms with Gasteiger partial charge in [0.2, 0.25) is 0 Å². The topological polar surface area (TPSA) is 101 Å². The van der Waals surface area contributed by atoms with E-state index in [1.54, 1.807) is 0 Å². The lowest BCUT2D eigenvalue weighted by atomic mass is 9.81. The average Bonchev–Trinajstić information content (AvgIpc) is 3.06. The lowest BCUT2D eigenvalue weighted by molar-refractivity contribution is -0.149. The molecule has 2 amide bonds. The number of amides is 2. The first-order valence-electron chi connectivity index (χ1n) is 7.18. The maximum absolute atomic E-state index is 12.3. The molecule has 2 fully saturated rings. The minimum Gasteiger partial charge on any atom is -0.481 e. The quantitative estimate of drug-likeness (QED) is 0.853. The number of carboxylic acid groups (broad SMARTS) is 1. The zero-order chi connectivity index (χ0) is 17.3. The number of fused-ring (bicyclic) bond motifs is 1. The summed E-state index contributed by atoms with van der Waals surface area (Å²) in [4.78, 5) is 29.0. The number of pyridine rings is 1. The third-order valence-electron chi connectivity index (χ3n) is 4.28. The van der Waals surface area contributed by atoms with E-state index in [2.05, 4.69) is 15.0 Å². The van der Waals surface area contributed by atoms with Crippen LogP contribution in [0, 0.1) is 11.3 Å². The number of likely N-dealkylation sites (tertiary alicyclic amines) is 1. The van der Waals surface area contributed by atoms with E-state index in [9.17, 15) is 23.5 Å². The third kappa shape index (κ3) is 2.96. The van der Waals surface area contributed by atoms with Gasteiger partial charge in [0.1, 0.15) is 17.0 Å². The van der Waals surface area contributed by atoms with Crippen molar-refractivity contribution in [2.45, 2.75) is 6.61 Å². The lowest BCUT2D eigenvalue weighted by Crippen LogP contribution is -2.41. The highest BCUT2D eigenvalue weighted by Gasteiger charge is 2.57. The van der Waals surface area contributed by atoms with Gasteiger partial charge in [-0.25, -0.2) is 9.78 Å². The van der Waals surface area contributed by atoms with Crippen molar-refractivity contribution in [2.24, 2.45) is 11.3 Å². The number of carbonyl (C=O) groups is 2. The fourth-order valence-electron chi connectivity index (χ4n) is 3.01. The van der Waals surface area contributed by atoms with Gasteiger partial charge in [-0.3, -0.25) is 10.1 Å². The second-order valence-corrected chi connectivity index (χ2v) is 5.74. The summed E-state index contributed by atoms with van der Waals surface area (Å²) in [5, 5.41) is 11.9. The Balaban J connectivity index is 1.63. The molecule has 0 aromatic carbocycles. The summed E-state index contributed by atoms with van der Waals surface area (Å²) in [6.45, 7) is -2.26. The molecule has 2 aliphatic rings. The van der Waals surface area contributed by atoms with Gasteiger partial charge in [-0.05, 0) is 12.1 Å². The molecule has 3 heterocycles. The van der Waals surface area contributed by atoms with E-state index >= 15 is 0 Å². The minimum absolute atomic E-state index is 0.0470. The number of nitrogens with zero attached hydrogens (tertiary/aromatic N) is 2. The fourth-order valence-corrected chi connectivity index (χ4v) is 3.01. The second-order valence-electron chi connectivity index (χ2n) is 5.74. The Morgan fingerprint density at radius 3 is 2.88 bits per heavy atom. The molecule has 3 rings (SSSR count). The van der Waals surface area contributed by atoms with Crippen LogP contribution in [0.2, 0.25) is 0 Å². The molecule has 1 aromatic rings. The molecule has 130 valence electrons. The highest BCUT2D eigenvalue weighted by Crippen LogP contribution is 2.41. The van der Waals surface area contributed by atoms with Gasteiger partial charge in [0, 0.05) is 19.0 Å². The molecule has 1 aromatic heterocycles. The lowest BCUT2D eigenvalue weighted by Gasteiger charge is -2.22. The van der Waals surface area contributed by atoms with Crippen LogP contribution in [0.5, 0.6) is 5.75 Å². The van der Waals surface area contributed by atoms with Crippen molar-refractivity contribution >= 4 is 17.8 Å². The molecule has 0 aliphatic carbocycles. The van der Waals surface area contributed by atoms with E-state index in [0.29, 0.717) is 6.61 Å². The Bertz CT molecular complexity index is 642. The predicted octanol–water partition coefficient (Wildman–Crippen LogP) is 1.25. The van der Waals surface area contributed by atoms with Crippen molar-refractivity contribution in [3.63, 3.8) is 0 Å². The number of ether oxygens (including phenoxy) is 2. The van der Waals surface area contributed by atoms with Crippen molar-refractivity contribution in [1.29, 1.82) is 0 Å². The molecular formula is C14H15F2N3O5. The number of hydrogen-bond acceptors (Lipinski definition) is 5. The van der Waals surface area contributed by atoms with Gasteiger partial charge in [0.15, 0.2) is 0 Å². The smallest absolute Gasteiger partial charge is 0.387 e. The standard InChI is InChI=1S/C14H15F2N3O5/c15-12(16)24-9-1-2-10(17-3-9)18-13(22)19-4-8-5-23-7-14(8,6-19)11(20)21/h1-3,8,12H,4-7H2,(H,20,21)(H,17,18,22)/t8-,14-/m1/s1. The number of aromatic nitrogens is 1. The molecule has 0 unspecified atom stereocenters. The molecule has 8 nitrogen and oxygen atoms in total. The Labute approximate surface area is 135 Å². The van der Waals surface area contributed by atoms with Crippen LogP contribution in [-0.2, 0) is 9.53 Å². The van der Waals surface area contributed by atoms with E-state index in [4.69, 9.17) is 4.74 Å². The average molecular weight is 343 g/mol. The first-order chi connectivity index (χ1) is 11.4. The van der Waals surface area contributed by atoms with E-state index in [-0.39, 0.29) is 37.2 Å². The van der Waals surface area contributed by atoms with Crippen LogP contribution < -0.4 is 10.1 Å². The Morgan fingerprint density at radius 1 is 1.50 bits per heavy atom. The third-order valence-corrected chi connectivity index (χ3v) is 4.28. The summed E-state index contributed by atoms with van der Waals surface area (Å²) >= 11 is 0. The van der Waals surface area contributed by atoms with E-state index < -0.39 is 24.0 Å². The summed E-state index contributed by atoms with van der Waals surface area (Å²) in [6.07, 6.45) is 1.06. The van der Waals surface area contributed by atoms with Crippen molar-refractivity contribution in [3.8, 4) is 5.75 Å². The van der Waals surface area contributed by atoms with Crippen LogP contribution in [0.4, 0.5) is 19.4 Å². The number of alkyl halides is 2. The van der Waals surface area contributed by atoms with Crippen molar-refractivity contribution in [2.75, 3.05) is 31.6 Å². The van der Waals surface area contributed by atoms with Gasteiger partial charge in [-0.1, -0.05) is 0 Å². The van der Waals surface area contributed by atoms with Crippen molar-refractivity contribution in [1.82, 2.24) is 9.88 Å². The molecule has 0 spiro atoms. The molecule has 0 radical (unpaired) electrons. The van der Waals surface area contributed by atoms with Crippen LogP contribution in [-0.4, -0.2) is 59.9 Å². The fraction of sp³-hybridized carbons (Fsp3) is 0.500. The SMILES string of the molecule is O=C(Nc1ccc(OC(F)F)cn1)N1C[C@@H]2COC[C@]2(C(=O)O)C1. The van der Waals surface area contributed by atoms with Gasteiger partial charge in [0.05, 0.1) is 19.4 Å². The maximum Gasteiger partial charge on any atom is 0.387 e. The Kier molecular flexibility index (Phi) is 4.22. The predicted molar refractivity (Wildman–Crippen MR) is 75.8 cm³/mol. The number of urea groups is 1. The van der Waals surface area contributed by atoms with Crippen molar-refractivity contribution < 1.29 is 33.0 Å². The maximum atomic E-state index is 12.3. The van der Waals surface area contributed by atoms with Gasteiger partial charge in [-0.15, -0.1) is 0 Å². The first-order valence-corrected chi connectivity index (χ1v) is 7.18. The zero-order valence-corrected chi connectivity index (χ0v) is 12.4. The molecule has 10 heteroatoms. The van der Waals surface area contributed by atoms with Crippen LogP contribution in [0.1, 0.15) is 0 Å². The number of nitrogens with one attached hydrogen (secondary N) is 1. The molecule has 0 saturated carbocycles. The van der Waals surface area contributed by atoms with E-state index in [1.807, 2.05) is 0 Å². The summed E-state index contributed by atoms with van der Waals surface area (Å²) in [6, 6.07) is 2.07. The van der Waals surface area contributed by atoms with Crippen molar-refractivity contribution in [3.05, 3.63) is 18.3 Å². The monoisotopic (exact) mass is 343 g/mol. The Morgan fingerprint density at radius 2 is 2.29 bits per heavy atom. The summed E-state index contributed by atoms with van der Waals surface area (Å²) in [7, 11) is 0. The van der Waals surface area contributed by atoms with E-state index in [0.717, 1.165) is 6.20 Å². The molecule has 2 saturated heterocycles. The van der Waals surface area contributed by atoms with Gasteiger partial charge >= 0.3 is 18.6 Å². The number of rotatable bonds is 4. The zero-order valence-electron chi connectivity index (χ0n) is 12.4. The van der Waals surface area contributed by atoms with Gasteiger partial charge in [0.25, 0.3) is 0 Å². The van der Waals surface area contributed by atoms with Crippen LogP contribution in [0.15, 0.2) is 18.3 Å². The minimum atomic E-state index is -2.95. The Hall–Kier alpha value is -2.49. The number of aliphatic carboxylic acids is 1. The molecule has 2 atom stereocenters. The summed E-state index contributed by atoms with van der Waals surface area (Å²) < 4.78 is 33.5. The first kappa shape index (κ1) is 16.4. The summed E-state index contributed by atoms with van der Waals surface area (Å²) in [5.74, 6) is -1.21. The van der Waals surface area contributed by atoms with E-state index in [1.165, 1.54) is 17.0 Å². The number of carboxylic acids is 1. The molecule has 2 N–H and O–H groups in total. The second kappa shape index (κ2) is 6.19. The summed E-state index contributed by atoms with van der Waals surface area (Å²) in [5.41, 5.74) is -1.07. The van der Waals surface area contributed by atoms with Gasteiger partial charge in [-0.2, -0.15) is 8.78 Å². The van der Waals surface area contributed by atoms with Crippen LogP contribution in [0.25, 0.3) is 0 Å². The van der Waals surface area contributed by atoms with Gasteiger partial charge < -0.3 is 19.5 Å². The number of carbonyl (C=O) groups excluding carboxylic acids is 1. The highest BCUT2D eigenvalue weighted by molar-refractivity contribution is 5.89. The molecule has 24 heavy (non-hydrogen) atoms. The molecule has 0 bridgehead atoms.